The van der Waals surface area contributed by atoms with Gasteiger partial charge in [0.15, 0.2) is 0 Å². The van der Waals surface area contributed by atoms with Crippen molar-refractivity contribution in [1.29, 1.82) is 0 Å². The van der Waals surface area contributed by atoms with Crippen LogP contribution in [0.2, 0.25) is 0 Å². The molecule has 3 N–H and O–H groups in total. The van der Waals surface area contributed by atoms with E-state index in [1.165, 1.54) is 38.5 Å². The number of carbonyl (C=O) groups is 1. The molecule has 0 aromatic rings. The van der Waals surface area contributed by atoms with Gasteiger partial charge in [-0.25, -0.2) is 0 Å². The van der Waals surface area contributed by atoms with E-state index in [0.717, 1.165) is 0 Å². The molecule has 0 spiro atoms. The highest BCUT2D eigenvalue weighted by atomic mass is 16.1. The molecule has 0 heterocycles. The molecular formula is C14H28N2O. The molecule has 1 amide bonds. The average Bonchev–Trinajstić information content (AvgIpc) is 2.56. The van der Waals surface area contributed by atoms with Crippen LogP contribution in [0.1, 0.15) is 58.8 Å². The topological polar surface area (TPSA) is 55.1 Å². The number of rotatable bonds is 5. The number of hydrogen-bond acceptors (Lipinski definition) is 2. The minimum absolute atomic E-state index is 0.193. The third kappa shape index (κ3) is 5.53. The normalized spacial score (nSPS) is 21.6. The zero-order valence-corrected chi connectivity index (χ0v) is 11.4. The molecule has 0 aromatic heterocycles. The van der Waals surface area contributed by atoms with E-state index in [4.69, 9.17) is 5.73 Å². The molecule has 3 heteroatoms. The molecule has 0 aliphatic heterocycles. The summed E-state index contributed by atoms with van der Waals surface area (Å²) in [5.74, 6) is 1.18. The molecule has 0 aromatic carbocycles. The Kier molecular flexibility index (Phi) is 6.56. The van der Waals surface area contributed by atoms with Gasteiger partial charge < -0.3 is 11.1 Å². The minimum Gasteiger partial charge on any atom is -0.353 e. The molecule has 0 radical (unpaired) electrons. The van der Waals surface area contributed by atoms with Crippen LogP contribution in [0, 0.1) is 11.8 Å². The van der Waals surface area contributed by atoms with Gasteiger partial charge in [-0.2, -0.15) is 0 Å². The van der Waals surface area contributed by atoms with Crippen molar-refractivity contribution in [2.45, 2.75) is 64.8 Å². The maximum absolute atomic E-state index is 11.9. The molecule has 17 heavy (non-hydrogen) atoms. The lowest BCUT2D eigenvalue weighted by molar-refractivity contribution is -0.123. The van der Waals surface area contributed by atoms with Crippen LogP contribution in [-0.4, -0.2) is 18.5 Å². The molecule has 2 atom stereocenters. The fourth-order valence-corrected chi connectivity index (χ4v) is 2.49. The first-order valence-electron chi connectivity index (χ1n) is 7.13. The highest BCUT2D eigenvalue weighted by molar-refractivity contribution is 5.76. The van der Waals surface area contributed by atoms with Crippen LogP contribution in [0.25, 0.3) is 0 Å². The first-order valence-corrected chi connectivity index (χ1v) is 7.13. The maximum Gasteiger partial charge on any atom is 0.220 e. The minimum atomic E-state index is 0.193. The molecule has 1 fully saturated rings. The lowest BCUT2D eigenvalue weighted by atomic mass is 9.95. The summed E-state index contributed by atoms with van der Waals surface area (Å²) in [4.78, 5) is 11.9. The fourth-order valence-electron chi connectivity index (χ4n) is 2.49. The number of amides is 1. The number of hydrogen-bond donors (Lipinski definition) is 2. The summed E-state index contributed by atoms with van der Waals surface area (Å²) in [6.45, 7) is 4.75. The van der Waals surface area contributed by atoms with Crippen molar-refractivity contribution in [2.24, 2.45) is 17.6 Å². The third-order valence-corrected chi connectivity index (χ3v) is 4.06. The van der Waals surface area contributed by atoms with Crippen molar-refractivity contribution in [2.75, 3.05) is 6.54 Å². The van der Waals surface area contributed by atoms with E-state index >= 15 is 0 Å². The van der Waals surface area contributed by atoms with E-state index in [0.29, 0.717) is 24.8 Å². The summed E-state index contributed by atoms with van der Waals surface area (Å²) in [5, 5.41) is 3.08. The van der Waals surface area contributed by atoms with Crippen LogP contribution >= 0.6 is 0 Å². The van der Waals surface area contributed by atoms with E-state index in [9.17, 15) is 4.79 Å². The van der Waals surface area contributed by atoms with Crippen molar-refractivity contribution in [3.63, 3.8) is 0 Å². The lowest BCUT2D eigenvalue weighted by Gasteiger charge is -2.21. The van der Waals surface area contributed by atoms with Gasteiger partial charge in [0.1, 0.15) is 0 Å². The Balaban J connectivity index is 2.27. The second kappa shape index (κ2) is 7.70. The van der Waals surface area contributed by atoms with E-state index < -0.39 is 0 Å². The average molecular weight is 240 g/mol. The van der Waals surface area contributed by atoms with Crippen molar-refractivity contribution in [3.05, 3.63) is 0 Å². The third-order valence-electron chi connectivity index (χ3n) is 4.06. The molecule has 0 bridgehead atoms. The van der Waals surface area contributed by atoms with Crippen LogP contribution < -0.4 is 11.1 Å². The molecule has 0 saturated heterocycles. The largest absolute Gasteiger partial charge is 0.353 e. The lowest BCUT2D eigenvalue weighted by Crippen LogP contribution is -2.40. The van der Waals surface area contributed by atoms with E-state index in [1.807, 2.05) is 6.92 Å². The predicted octanol–water partition coefficient (Wildman–Crippen LogP) is 2.45. The van der Waals surface area contributed by atoms with Gasteiger partial charge in [-0.05, 0) is 38.1 Å². The van der Waals surface area contributed by atoms with Crippen LogP contribution in [0.4, 0.5) is 0 Å². The first-order chi connectivity index (χ1) is 8.13. The molecular weight excluding hydrogens is 212 g/mol. The van der Waals surface area contributed by atoms with E-state index in [1.54, 1.807) is 0 Å². The Labute approximate surface area is 106 Å². The molecule has 1 rings (SSSR count). The Morgan fingerprint density at radius 3 is 2.35 bits per heavy atom. The van der Waals surface area contributed by atoms with Gasteiger partial charge in [0.2, 0.25) is 5.91 Å². The number of nitrogens with two attached hydrogens (primary N) is 1. The highest BCUT2D eigenvalue weighted by Crippen LogP contribution is 2.25. The summed E-state index contributed by atoms with van der Waals surface area (Å²) < 4.78 is 0. The van der Waals surface area contributed by atoms with Crippen LogP contribution in [0.5, 0.6) is 0 Å². The second-order valence-electron chi connectivity index (χ2n) is 5.63. The molecule has 3 nitrogen and oxygen atoms in total. The van der Waals surface area contributed by atoms with Crippen molar-refractivity contribution in [1.82, 2.24) is 5.32 Å². The highest BCUT2D eigenvalue weighted by Gasteiger charge is 2.18. The van der Waals surface area contributed by atoms with Crippen LogP contribution in [-0.2, 0) is 4.79 Å². The smallest absolute Gasteiger partial charge is 0.220 e. The Bertz CT molecular complexity index is 222. The zero-order valence-electron chi connectivity index (χ0n) is 11.4. The summed E-state index contributed by atoms with van der Waals surface area (Å²) in [7, 11) is 0. The van der Waals surface area contributed by atoms with E-state index in [-0.39, 0.29) is 11.9 Å². The Morgan fingerprint density at radius 2 is 1.82 bits per heavy atom. The predicted molar refractivity (Wildman–Crippen MR) is 71.6 cm³/mol. The van der Waals surface area contributed by atoms with Crippen molar-refractivity contribution in [3.8, 4) is 0 Å². The molecule has 1 aliphatic carbocycles. The van der Waals surface area contributed by atoms with Gasteiger partial charge in [-0.15, -0.1) is 0 Å². The van der Waals surface area contributed by atoms with Crippen LogP contribution in [0.15, 0.2) is 0 Å². The summed E-state index contributed by atoms with van der Waals surface area (Å²) in [5.41, 5.74) is 5.60. The van der Waals surface area contributed by atoms with Gasteiger partial charge in [-0.1, -0.05) is 32.6 Å². The maximum atomic E-state index is 11.9. The Morgan fingerprint density at radius 1 is 1.24 bits per heavy atom. The van der Waals surface area contributed by atoms with Crippen molar-refractivity contribution < 1.29 is 4.79 Å². The molecule has 100 valence electrons. The van der Waals surface area contributed by atoms with Gasteiger partial charge >= 0.3 is 0 Å². The molecule has 1 aliphatic rings. The molecule has 2 unspecified atom stereocenters. The van der Waals surface area contributed by atoms with Gasteiger partial charge in [0.05, 0.1) is 0 Å². The zero-order chi connectivity index (χ0) is 12.7. The van der Waals surface area contributed by atoms with Gasteiger partial charge in [0, 0.05) is 12.5 Å². The summed E-state index contributed by atoms with van der Waals surface area (Å²) in [6, 6.07) is 0.193. The fraction of sp³-hybridized carbons (Fsp3) is 0.929. The van der Waals surface area contributed by atoms with Crippen molar-refractivity contribution >= 4 is 5.91 Å². The molecule has 1 saturated carbocycles. The SMILES string of the molecule is CC(CN)C(C)NC(=O)CC1CCCCCC1. The second-order valence-corrected chi connectivity index (χ2v) is 5.63. The van der Waals surface area contributed by atoms with Crippen LogP contribution in [0.3, 0.4) is 0 Å². The standard InChI is InChI=1S/C14H28N2O/c1-11(10-15)12(2)16-14(17)9-13-7-5-3-4-6-8-13/h11-13H,3-10,15H2,1-2H3,(H,16,17). The quantitative estimate of drug-likeness (QED) is 0.725. The number of nitrogens with one attached hydrogen (secondary N) is 1. The summed E-state index contributed by atoms with van der Waals surface area (Å²) in [6.07, 6.45) is 8.46. The number of carbonyl (C=O) groups excluding carboxylic acids is 1. The first kappa shape index (κ1) is 14.5. The monoisotopic (exact) mass is 240 g/mol. The van der Waals surface area contributed by atoms with Gasteiger partial charge in [-0.3, -0.25) is 4.79 Å². The van der Waals surface area contributed by atoms with E-state index in [2.05, 4.69) is 12.2 Å². The summed E-state index contributed by atoms with van der Waals surface area (Å²) >= 11 is 0. The Hall–Kier alpha value is -0.570. The van der Waals surface area contributed by atoms with Gasteiger partial charge in [0.25, 0.3) is 0 Å².